The molecule has 2 N–H and O–H groups in total. The van der Waals surface area contributed by atoms with Gasteiger partial charge in [-0.25, -0.2) is 0 Å². The van der Waals surface area contributed by atoms with Crippen LogP contribution in [0.2, 0.25) is 0 Å². The highest BCUT2D eigenvalue weighted by Gasteiger charge is 2.27. The maximum atomic E-state index is 12.0. The predicted octanol–water partition coefficient (Wildman–Crippen LogP) is 1.59. The van der Waals surface area contributed by atoms with E-state index in [1.807, 2.05) is 0 Å². The fourth-order valence-electron chi connectivity index (χ4n) is 2.94. The first-order valence-electron chi connectivity index (χ1n) is 7.34. The molecular formula is C14H26N2O2. The second-order valence-corrected chi connectivity index (χ2v) is 5.82. The third-order valence-electron chi connectivity index (χ3n) is 3.86. The number of carbonyl (C=O) groups is 1. The summed E-state index contributed by atoms with van der Waals surface area (Å²) in [5.41, 5.74) is 0. The van der Waals surface area contributed by atoms with Gasteiger partial charge in [0.15, 0.2) is 0 Å². The number of hydrogen-bond donors (Lipinski definition) is 2. The summed E-state index contributed by atoms with van der Waals surface area (Å²) in [6.45, 7) is 5.15. The van der Waals surface area contributed by atoms with Crippen molar-refractivity contribution in [2.24, 2.45) is 0 Å². The molecule has 18 heavy (non-hydrogen) atoms. The van der Waals surface area contributed by atoms with E-state index in [-0.39, 0.29) is 11.9 Å². The number of ether oxygens (including phenoxy) is 1. The van der Waals surface area contributed by atoms with E-state index < -0.39 is 0 Å². The molecule has 0 spiro atoms. The highest BCUT2D eigenvalue weighted by molar-refractivity contribution is 5.82. The van der Waals surface area contributed by atoms with Gasteiger partial charge in [-0.3, -0.25) is 4.79 Å². The van der Waals surface area contributed by atoms with Crippen molar-refractivity contribution in [1.29, 1.82) is 0 Å². The van der Waals surface area contributed by atoms with Crippen molar-refractivity contribution < 1.29 is 9.53 Å². The lowest BCUT2D eigenvalue weighted by Gasteiger charge is -2.30. The summed E-state index contributed by atoms with van der Waals surface area (Å²) in [6.07, 6.45) is 7.05. The Hall–Kier alpha value is -0.610. The molecule has 1 aliphatic heterocycles. The number of hydrogen-bond acceptors (Lipinski definition) is 3. The van der Waals surface area contributed by atoms with Crippen LogP contribution >= 0.6 is 0 Å². The molecule has 1 aliphatic carbocycles. The molecule has 1 amide bonds. The van der Waals surface area contributed by atoms with Gasteiger partial charge in [0, 0.05) is 6.04 Å². The van der Waals surface area contributed by atoms with Crippen molar-refractivity contribution in [2.75, 3.05) is 6.54 Å². The Labute approximate surface area is 110 Å². The Bertz CT molecular complexity index is 267. The van der Waals surface area contributed by atoms with E-state index in [1.165, 1.54) is 0 Å². The minimum atomic E-state index is 0.0506. The molecule has 4 heteroatoms. The van der Waals surface area contributed by atoms with Crippen molar-refractivity contribution in [1.82, 2.24) is 10.6 Å². The highest BCUT2D eigenvalue weighted by atomic mass is 16.5. The number of nitrogens with one attached hydrogen (secondary N) is 2. The maximum absolute atomic E-state index is 12.0. The van der Waals surface area contributed by atoms with E-state index in [9.17, 15) is 4.79 Å². The van der Waals surface area contributed by atoms with Gasteiger partial charge in [-0.05, 0) is 58.9 Å². The summed E-state index contributed by atoms with van der Waals surface area (Å²) >= 11 is 0. The van der Waals surface area contributed by atoms with E-state index in [1.54, 1.807) is 0 Å². The van der Waals surface area contributed by atoms with Crippen LogP contribution in [0.15, 0.2) is 0 Å². The molecule has 1 saturated heterocycles. The molecule has 0 aromatic carbocycles. The monoisotopic (exact) mass is 254 g/mol. The molecule has 1 unspecified atom stereocenters. The van der Waals surface area contributed by atoms with E-state index in [4.69, 9.17) is 4.74 Å². The van der Waals surface area contributed by atoms with Gasteiger partial charge >= 0.3 is 0 Å². The highest BCUT2D eigenvalue weighted by Crippen LogP contribution is 2.22. The minimum absolute atomic E-state index is 0.0506. The third-order valence-corrected chi connectivity index (χ3v) is 3.86. The van der Waals surface area contributed by atoms with E-state index >= 15 is 0 Å². The quantitative estimate of drug-likeness (QED) is 0.801. The van der Waals surface area contributed by atoms with Crippen LogP contribution < -0.4 is 10.6 Å². The van der Waals surface area contributed by atoms with Crippen LogP contribution in [0, 0.1) is 0 Å². The van der Waals surface area contributed by atoms with Gasteiger partial charge in [0.1, 0.15) is 0 Å². The zero-order chi connectivity index (χ0) is 13.0. The largest absolute Gasteiger partial charge is 0.376 e. The fraction of sp³-hybridized carbons (Fsp3) is 0.929. The average Bonchev–Trinajstić information content (AvgIpc) is 2.84. The molecule has 0 aromatic rings. The van der Waals surface area contributed by atoms with Gasteiger partial charge in [0.2, 0.25) is 5.91 Å². The normalized spacial score (nSPS) is 32.7. The lowest BCUT2D eigenvalue weighted by atomic mass is 9.92. The van der Waals surface area contributed by atoms with Crippen molar-refractivity contribution in [3.8, 4) is 0 Å². The van der Waals surface area contributed by atoms with Crippen LogP contribution in [-0.4, -0.2) is 36.7 Å². The smallest absolute Gasteiger partial charge is 0.237 e. The Balaban J connectivity index is 1.68. The first-order chi connectivity index (χ1) is 8.65. The van der Waals surface area contributed by atoms with Crippen molar-refractivity contribution in [3.05, 3.63) is 0 Å². The minimum Gasteiger partial charge on any atom is -0.376 e. The van der Waals surface area contributed by atoms with Crippen molar-refractivity contribution in [2.45, 2.75) is 76.7 Å². The Morgan fingerprint density at radius 2 is 1.94 bits per heavy atom. The molecule has 0 aromatic heterocycles. The topological polar surface area (TPSA) is 50.4 Å². The Morgan fingerprint density at radius 1 is 1.22 bits per heavy atom. The summed E-state index contributed by atoms with van der Waals surface area (Å²) < 4.78 is 5.82. The van der Waals surface area contributed by atoms with E-state index in [0.717, 1.165) is 45.1 Å². The molecule has 104 valence electrons. The van der Waals surface area contributed by atoms with Gasteiger partial charge < -0.3 is 15.4 Å². The summed E-state index contributed by atoms with van der Waals surface area (Å²) in [4.78, 5) is 12.0. The second kappa shape index (κ2) is 6.53. The molecule has 1 saturated carbocycles. The number of amides is 1. The summed E-state index contributed by atoms with van der Waals surface area (Å²) in [5.74, 6) is 0.195. The zero-order valence-corrected chi connectivity index (χ0v) is 11.6. The Kier molecular flexibility index (Phi) is 5.01. The van der Waals surface area contributed by atoms with Crippen LogP contribution in [0.5, 0.6) is 0 Å². The lowest BCUT2D eigenvalue weighted by molar-refractivity contribution is -0.124. The molecule has 1 heterocycles. The third kappa shape index (κ3) is 3.95. The standard InChI is InChI=1S/C14H26N2O2/c1-10(2)18-12-7-5-11(6-8-12)16-14(17)13-4-3-9-15-13/h10-13,15H,3-9H2,1-2H3,(H,16,17). The van der Waals surface area contributed by atoms with Gasteiger partial charge in [0.25, 0.3) is 0 Å². The van der Waals surface area contributed by atoms with Crippen LogP contribution in [0.4, 0.5) is 0 Å². The fourth-order valence-corrected chi connectivity index (χ4v) is 2.94. The summed E-state index contributed by atoms with van der Waals surface area (Å²) in [7, 11) is 0. The number of rotatable bonds is 4. The first kappa shape index (κ1) is 13.8. The van der Waals surface area contributed by atoms with Gasteiger partial charge in [0.05, 0.1) is 18.2 Å². The van der Waals surface area contributed by atoms with Gasteiger partial charge in [-0.15, -0.1) is 0 Å². The van der Waals surface area contributed by atoms with Gasteiger partial charge in [-0.1, -0.05) is 0 Å². The maximum Gasteiger partial charge on any atom is 0.237 e. The number of carbonyl (C=O) groups excluding carboxylic acids is 1. The van der Waals surface area contributed by atoms with E-state index in [2.05, 4.69) is 24.5 Å². The van der Waals surface area contributed by atoms with Gasteiger partial charge in [-0.2, -0.15) is 0 Å². The molecule has 2 aliphatic rings. The Morgan fingerprint density at radius 3 is 2.50 bits per heavy atom. The van der Waals surface area contributed by atoms with Crippen LogP contribution in [0.25, 0.3) is 0 Å². The molecule has 1 atom stereocenters. The molecule has 0 radical (unpaired) electrons. The second-order valence-electron chi connectivity index (χ2n) is 5.82. The molecular weight excluding hydrogens is 228 g/mol. The average molecular weight is 254 g/mol. The zero-order valence-electron chi connectivity index (χ0n) is 11.6. The van der Waals surface area contributed by atoms with Crippen LogP contribution in [0.3, 0.4) is 0 Å². The predicted molar refractivity (Wildman–Crippen MR) is 71.4 cm³/mol. The van der Waals surface area contributed by atoms with E-state index in [0.29, 0.717) is 18.2 Å². The summed E-state index contributed by atoms with van der Waals surface area (Å²) in [6, 6.07) is 0.404. The molecule has 2 rings (SSSR count). The van der Waals surface area contributed by atoms with Crippen molar-refractivity contribution in [3.63, 3.8) is 0 Å². The van der Waals surface area contributed by atoms with Crippen LogP contribution in [0.1, 0.15) is 52.4 Å². The lowest BCUT2D eigenvalue weighted by Crippen LogP contribution is -2.46. The summed E-state index contributed by atoms with van der Waals surface area (Å²) in [5, 5.41) is 6.42. The first-order valence-corrected chi connectivity index (χ1v) is 7.34. The van der Waals surface area contributed by atoms with Crippen LogP contribution in [-0.2, 0) is 9.53 Å². The van der Waals surface area contributed by atoms with Crippen molar-refractivity contribution >= 4 is 5.91 Å². The molecule has 0 bridgehead atoms. The molecule has 4 nitrogen and oxygen atoms in total. The molecule has 2 fully saturated rings. The SMILES string of the molecule is CC(C)OC1CCC(NC(=O)C2CCCN2)CC1.